The summed E-state index contributed by atoms with van der Waals surface area (Å²) < 4.78 is 2.60. The van der Waals surface area contributed by atoms with Crippen molar-refractivity contribution in [2.24, 2.45) is 0 Å². The first-order chi connectivity index (χ1) is 26.7. The second-order valence-corrected chi connectivity index (χ2v) is 14.9. The molecule has 254 valence electrons. The van der Waals surface area contributed by atoms with Crippen molar-refractivity contribution in [1.82, 2.24) is 0 Å². The van der Waals surface area contributed by atoms with E-state index in [9.17, 15) is 0 Å². The zero-order chi connectivity index (χ0) is 35.8. The molecule has 0 radical (unpaired) electrons. The van der Waals surface area contributed by atoms with Crippen LogP contribution in [-0.4, -0.2) is 0 Å². The molecule has 0 aliphatic rings. The van der Waals surface area contributed by atoms with Crippen molar-refractivity contribution >= 4 is 59.3 Å². The molecule has 1 heterocycles. The van der Waals surface area contributed by atoms with E-state index in [1.807, 2.05) is 11.3 Å². The summed E-state index contributed by atoms with van der Waals surface area (Å²) in [6, 6.07) is 77.3. The largest absolute Gasteiger partial charge is 0.310 e. The Morgan fingerprint density at radius 1 is 0.278 bits per heavy atom. The van der Waals surface area contributed by atoms with Crippen molar-refractivity contribution in [1.29, 1.82) is 0 Å². The summed E-state index contributed by atoms with van der Waals surface area (Å²) in [5.74, 6) is 0. The van der Waals surface area contributed by atoms with Gasteiger partial charge in [0.05, 0.1) is 0 Å². The average molecular weight is 706 g/mol. The van der Waals surface area contributed by atoms with Crippen LogP contribution in [0.5, 0.6) is 0 Å². The SMILES string of the molecule is c1ccc(-c2cc(-c3ccccc3)cc(N(c3cccc(-c4cccc(-c5cccc6ccccc56)c4)c3)c3ccc4sc5ccccc5c4c3)c2)cc1. The topological polar surface area (TPSA) is 3.24 Å². The first-order valence-electron chi connectivity index (χ1n) is 18.4. The van der Waals surface area contributed by atoms with Gasteiger partial charge in [0, 0.05) is 37.2 Å². The number of hydrogen-bond acceptors (Lipinski definition) is 2. The first kappa shape index (κ1) is 32.0. The Hall–Kier alpha value is -6.74. The molecule has 0 spiro atoms. The summed E-state index contributed by atoms with van der Waals surface area (Å²) in [6.45, 7) is 0. The third-order valence-electron chi connectivity index (χ3n) is 10.4. The Kier molecular flexibility index (Phi) is 8.09. The number of nitrogens with zero attached hydrogens (tertiary/aromatic N) is 1. The summed E-state index contributed by atoms with van der Waals surface area (Å²) in [7, 11) is 0. The summed E-state index contributed by atoms with van der Waals surface area (Å²) >= 11 is 1.85. The molecule has 1 aromatic heterocycles. The summed E-state index contributed by atoms with van der Waals surface area (Å²) in [5.41, 5.74) is 12.9. The van der Waals surface area contributed by atoms with E-state index in [1.165, 1.54) is 75.5 Å². The Morgan fingerprint density at radius 2 is 0.796 bits per heavy atom. The lowest BCUT2D eigenvalue weighted by Crippen LogP contribution is -2.10. The standard InChI is InChI=1S/C52H35NS/c1-3-14-36(15-4-1)42-31-43(37-16-5-2-6-17-37)34-46(33-42)53(45-28-29-52-50(35-45)49-25-9-10-27-51(49)54-52)44-23-12-21-40(32-44)39-20-11-22-41(30-39)48-26-13-19-38-18-7-8-24-47(38)48/h1-35H. The van der Waals surface area contributed by atoms with E-state index in [4.69, 9.17) is 0 Å². The highest BCUT2D eigenvalue weighted by Crippen LogP contribution is 2.44. The molecule has 1 nitrogen and oxygen atoms in total. The summed E-state index contributed by atoms with van der Waals surface area (Å²) in [5, 5.41) is 5.09. The monoisotopic (exact) mass is 705 g/mol. The third-order valence-corrected chi connectivity index (χ3v) is 11.6. The van der Waals surface area contributed by atoms with Gasteiger partial charge in [0.1, 0.15) is 0 Å². The van der Waals surface area contributed by atoms with Crippen molar-refractivity contribution < 1.29 is 0 Å². The molecule has 0 atom stereocenters. The van der Waals surface area contributed by atoms with Crippen molar-refractivity contribution in [3.63, 3.8) is 0 Å². The van der Waals surface area contributed by atoms with Crippen LogP contribution >= 0.6 is 11.3 Å². The van der Waals surface area contributed by atoms with E-state index in [0.717, 1.165) is 17.1 Å². The molecule has 0 bridgehead atoms. The third kappa shape index (κ3) is 5.93. The van der Waals surface area contributed by atoms with E-state index in [-0.39, 0.29) is 0 Å². The minimum Gasteiger partial charge on any atom is -0.310 e. The fraction of sp³-hybridized carbons (Fsp3) is 0. The molecular weight excluding hydrogens is 671 g/mol. The molecule has 0 aliphatic carbocycles. The molecule has 0 saturated heterocycles. The molecule has 9 aromatic carbocycles. The molecular formula is C52H35NS. The van der Waals surface area contributed by atoms with E-state index in [2.05, 4.69) is 217 Å². The van der Waals surface area contributed by atoms with Gasteiger partial charge in [0.25, 0.3) is 0 Å². The highest BCUT2D eigenvalue weighted by molar-refractivity contribution is 7.25. The number of rotatable bonds is 7. The molecule has 0 fully saturated rings. The molecule has 0 amide bonds. The average Bonchev–Trinajstić information content (AvgIpc) is 3.62. The van der Waals surface area contributed by atoms with Gasteiger partial charge in [-0.1, -0.05) is 152 Å². The molecule has 0 aliphatic heterocycles. The predicted octanol–water partition coefficient (Wildman–Crippen LogP) is 15.3. The maximum absolute atomic E-state index is 2.43. The number of thiophene rings is 1. The summed E-state index contributed by atoms with van der Waals surface area (Å²) in [4.78, 5) is 2.43. The fourth-order valence-corrected chi connectivity index (χ4v) is 8.89. The van der Waals surface area contributed by atoms with E-state index in [0.29, 0.717) is 0 Å². The van der Waals surface area contributed by atoms with Crippen molar-refractivity contribution in [3.8, 4) is 44.5 Å². The summed E-state index contributed by atoms with van der Waals surface area (Å²) in [6.07, 6.45) is 0. The van der Waals surface area contributed by atoms with Gasteiger partial charge in [-0.2, -0.15) is 0 Å². The molecule has 54 heavy (non-hydrogen) atoms. The number of hydrogen-bond donors (Lipinski definition) is 0. The van der Waals surface area contributed by atoms with Gasteiger partial charge in [-0.05, 0) is 116 Å². The lowest BCUT2D eigenvalue weighted by molar-refractivity contribution is 1.29. The van der Waals surface area contributed by atoms with Gasteiger partial charge >= 0.3 is 0 Å². The molecule has 10 aromatic rings. The maximum atomic E-state index is 2.43. The van der Waals surface area contributed by atoms with E-state index < -0.39 is 0 Å². The molecule has 2 heteroatoms. The zero-order valence-corrected chi connectivity index (χ0v) is 30.4. The molecule has 0 saturated carbocycles. The maximum Gasteiger partial charge on any atom is 0.0473 e. The minimum atomic E-state index is 1.10. The lowest BCUT2D eigenvalue weighted by Gasteiger charge is -2.27. The quantitative estimate of drug-likeness (QED) is 0.160. The van der Waals surface area contributed by atoms with Gasteiger partial charge in [-0.3, -0.25) is 0 Å². The van der Waals surface area contributed by atoms with Crippen LogP contribution < -0.4 is 4.90 Å². The van der Waals surface area contributed by atoms with Gasteiger partial charge in [-0.15, -0.1) is 11.3 Å². The lowest BCUT2D eigenvalue weighted by atomic mass is 9.95. The molecule has 0 N–H and O–H groups in total. The highest BCUT2D eigenvalue weighted by atomic mass is 32.1. The second kappa shape index (κ2) is 13.7. The number of fused-ring (bicyclic) bond motifs is 4. The second-order valence-electron chi connectivity index (χ2n) is 13.8. The number of benzene rings is 9. The minimum absolute atomic E-state index is 1.10. The Bertz CT molecular complexity index is 2880. The molecule has 10 rings (SSSR count). The van der Waals surface area contributed by atoms with Crippen LogP contribution in [0.25, 0.3) is 75.5 Å². The van der Waals surface area contributed by atoms with Gasteiger partial charge in [0.2, 0.25) is 0 Å². The Morgan fingerprint density at radius 3 is 1.57 bits per heavy atom. The van der Waals surface area contributed by atoms with E-state index >= 15 is 0 Å². The number of anilines is 3. The highest BCUT2D eigenvalue weighted by Gasteiger charge is 2.18. The van der Waals surface area contributed by atoms with Crippen molar-refractivity contribution in [2.75, 3.05) is 4.90 Å². The molecule has 0 unspecified atom stereocenters. The van der Waals surface area contributed by atoms with Crippen LogP contribution in [0.4, 0.5) is 17.1 Å². The van der Waals surface area contributed by atoms with Crippen LogP contribution in [-0.2, 0) is 0 Å². The predicted molar refractivity (Wildman–Crippen MR) is 233 cm³/mol. The van der Waals surface area contributed by atoms with Crippen molar-refractivity contribution in [2.45, 2.75) is 0 Å². The zero-order valence-electron chi connectivity index (χ0n) is 29.6. The van der Waals surface area contributed by atoms with E-state index in [1.54, 1.807) is 0 Å². The van der Waals surface area contributed by atoms with Gasteiger partial charge in [-0.25, -0.2) is 0 Å². The fourth-order valence-electron chi connectivity index (χ4n) is 7.80. The first-order valence-corrected chi connectivity index (χ1v) is 19.2. The Balaban J connectivity index is 1.17. The van der Waals surface area contributed by atoms with Crippen LogP contribution in [0.3, 0.4) is 0 Å². The van der Waals surface area contributed by atoms with Gasteiger partial charge in [0.15, 0.2) is 0 Å². The normalized spacial score (nSPS) is 11.3. The van der Waals surface area contributed by atoms with Gasteiger partial charge < -0.3 is 4.90 Å². The van der Waals surface area contributed by atoms with Crippen molar-refractivity contribution in [3.05, 3.63) is 212 Å². The van der Waals surface area contributed by atoms with Crippen LogP contribution in [0.15, 0.2) is 212 Å². The van der Waals surface area contributed by atoms with Crippen LogP contribution in [0, 0.1) is 0 Å². The van der Waals surface area contributed by atoms with Crippen LogP contribution in [0.2, 0.25) is 0 Å². The Labute approximate surface area is 319 Å². The smallest absolute Gasteiger partial charge is 0.0473 e. The van der Waals surface area contributed by atoms with Crippen LogP contribution in [0.1, 0.15) is 0 Å².